The Bertz CT molecular complexity index is 973. The maximum absolute atomic E-state index is 12.4. The second-order valence-corrected chi connectivity index (χ2v) is 6.31. The molecule has 0 unspecified atom stereocenters. The smallest absolute Gasteiger partial charge is 0.267 e. The highest BCUT2D eigenvalue weighted by molar-refractivity contribution is 6.41. The topological polar surface area (TPSA) is 99.5 Å². The number of hydrogen-bond donors (Lipinski definition) is 0. The Labute approximate surface area is 159 Å². The minimum absolute atomic E-state index is 0.228. The highest BCUT2D eigenvalue weighted by Gasteiger charge is 2.37. The minimum atomic E-state index is -0.534. The predicted octanol–water partition coefficient (Wildman–Crippen LogP) is 2.33. The molecule has 0 atom stereocenters. The van der Waals surface area contributed by atoms with E-state index in [2.05, 4.69) is 10.2 Å². The lowest BCUT2D eigenvalue weighted by molar-refractivity contribution is 0.0641. The van der Waals surface area contributed by atoms with Gasteiger partial charge in [-0.15, -0.1) is 0 Å². The number of carbonyl (C=O) groups excluding carboxylic acids is 4. The largest absolute Gasteiger partial charge is 0.282 e. The van der Waals surface area contributed by atoms with Gasteiger partial charge < -0.3 is 0 Å². The van der Waals surface area contributed by atoms with Crippen LogP contribution in [0.15, 0.2) is 58.7 Å². The number of hydrazone groups is 2. The third kappa shape index (κ3) is 2.54. The minimum Gasteiger partial charge on any atom is -0.267 e. The second kappa shape index (κ2) is 6.34. The highest BCUT2D eigenvalue weighted by atomic mass is 16.2. The van der Waals surface area contributed by atoms with Crippen LogP contribution >= 0.6 is 0 Å². The first-order valence-corrected chi connectivity index (χ1v) is 8.46. The molecule has 2 aromatic carbocycles. The van der Waals surface area contributed by atoms with Gasteiger partial charge in [0.1, 0.15) is 0 Å². The Morgan fingerprint density at radius 2 is 0.821 bits per heavy atom. The summed E-state index contributed by atoms with van der Waals surface area (Å²) in [7, 11) is 0. The zero-order valence-corrected chi connectivity index (χ0v) is 15.0. The molecule has 8 heteroatoms. The average molecular weight is 374 g/mol. The van der Waals surface area contributed by atoms with Gasteiger partial charge in [-0.25, -0.2) is 0 Å². The van der Waals surface area contributed by atoms with E-state index in [1.54, 1.807) is 62.4 Å². The molecule has 2 aromatic rings. The van der Waals surface area contributed by atoms with Crippen LogP contribution in [-0.2, 0) is 0 Å². The van der Waals surface area contributed by atoms with E-state index in [0.29, 0.717) is 0 Å². The Morgan fingerprint density at radius 1 is 0.571 bits per heavy atom. The van der Waals surface area contributed by atoms with Crippen LogP contribution in [0.3, 0.4) is 0 Å². The molecule has 0 aliphatic carbocycles. The molecule has 0 spiro atoms. The SMILES string of the molecule is CC(=N\N1C(=O)c2ccccc2C1=O)/C(C)=N/N1C(=O)c2ccccc2C1=O. The number of fused-ring (bicyclic) bond motifs is 2. The van der Waals surface area contributed by atoms with Gasteiger partial charge in [-0.05, 0) is 38.1 Å². The van der Waals surface area contributed by atoms with Crippen molar-refractivity contribution in [3.05, 3.63) is 70.8 Å². The lowest BCUT2D eigenvalue weighted by atomic mass is 10.1. The molecule has 8 nitrogen and oxygen atoms in total. The van der Waals surface area contributed by atoms with Crippen LogP contribution in [0, 0.1) is 0 Å². The molecular formula is C20H14N4O4. The highest BCUT2D eigenvalue weighted by Crippen LogP contribution is 2.24. The van der Waals surface area contributed by atoms with E-state index >= 15 is 0 Å². The zero-order valence-electron chi connectivity index (χ0n) is 15.0. The molecule has 0 aromatic heterocycles. The van der Waals surface area contributed by atoms with E-state index in [4.69, 9.17) is 0 Å². The van der Waals surface area contributed by atoms with E-state index in [1.165, 1.54) is 0 Å². The molecule has 0 saturated carbocycles. The van der Waals surface area contributed by atoms with Gasteiger partial charge >= 0.3 is 0 Å². The molecule has 0 fully saturated rings. The van der Waals surface area contributed by atoms with Gasteiger partial charge in [-0.1, -0.05) is 24.3 Å². The summed E-state index contributed by atoms with van der Waals surface area (Å²) < 4.78 is 0. The Hall–Kier alpha value is -3.94. The van der Waals surface area contributed by atoms with Crippen molar-refractivity contribution in [2.75, 3.05) is 0 Å². The van der Waals surface area contributed by atoms with Gasteiger partial charge in [0.2, 0.25) is 0 Å². The summed E-state index contributed by atoms with van der Waals surface area (Å²) in [5, 5.41) is 9.66. The normalized spacial score (nSPS) is 16.8. The molecule has 4 rings (SSSR count). The summed E-state index contributed by atoms with van der Waals surface area (Å²) in [6, 6.07) is 12.9. The molecule has 0 saturated heterocycles. The molecule has 0 radical (unpaired) electrons. The number of imide groups is 2. The fourth-order valence-corrected chi connectivity index (χ4v) is 2.98. The van der Waals surface area contributed by atoms with Gasteiger partial charge in [-0.2, -0.15) is 20.2 Å². The summed E-state index contributed by atoms with van der Waals surface area (Å²) in [6.07, 6.45) is 0. The molecule has 138 valence electrons. The maximum Gasteiger partial charge on any atom is 0.282 e. The molecule has 4 amide bonds. The molecule has 0 N–H and O–H groups in total. The third-order valence-corrected chi connectivity index (χ3v) is 4.57. The van der Waals surface area contributed by atoms with Crippen LogP contribution < -0.4 is 0 Å². The fraction of sp³-hybridized carbons (Fsp3) is 0.100. The van der Waals surface area contributed by atoms with Gasteiger partial charge in [0.05, 0.1) is 33.7 Å². The first kappa shape index (κ1) is 17.5. The first-order chi connectivity index (χ1) is 13.4. The summed E-state index contributed by atoms with van der Waals surface area (Å²) in [4.78, 5) is 49.6. The summed E-state index contributed by atoms with van der Waals surface area (Å²) in [5.74, 6) is -2.14. The van der Waals surface area contributed by atoms with Gasteiger partial charge in [0, 0.05) is 0 Å². The average Bonchev–Trinajstić information content (AvgIpc) is 3.09. The number of amides is 4. The molecule has 2 heterocycles. The van der Waals surface area contributed by atoms with Crippen LogP contribution in [0.4, 0.5) is 0 Å². The van der Waals surface area contributed by atoms with Crippen molar-refractivity contribution < 1.29 is 19.2 Å². The third-order valence-electron chi connectivity index (χ3n) is 4.57. The number of rotatable bonds is 3. The quantitative estimate of drug-likeness (QED) is 0.608. The Balaban J connectivity index is 1.62. The predicted molar refractivity (Wildman–Crippen MR) is 100 cm³/mol. The van der Waals surface area contributed by atoms with Crippen LogP contribution in [0.25, 0.3) is 0 Å². The number of benzene rings is 2. The van der Waals surface area contributed by atoms with Crippen LogP contribution in [0.5, 0.6) is 0 Å². The van der Waals surface area contributed by atoms with E-state index in [1.807, 2.05) is 0 Å². The number of carbonyl (C=O) groups is 4. The van der Waals surface area contributed by atoms with Crippen LogP contribution in [0.2, 0.25) is 0 Å². The maximum atomic E-state index is 12.4. The Kier molecular flexibility index (Phi) is 3.96. The van der Waals surface area contributed by atoms with Gasteiger partial charge in [-0.3, -0.25) is 19.2 Å². The summed E-state index contributed by atoms with van der Waals surface area (Å²) >= 11 is 0. The molecule has 2 aliphatic heterocycles. The Morgan fingerprint density at radius 3 is 1.07 bits per heavy atom. The summed E-state index contributed by atoms with van der Waals surface area (Å²) in [5.41, 5.74) is 1.56. The van der Waals surface area contributed by atoms with Crippen molar-refractivity contribution in [2.45, 2.75) is 13.8 Å². The van der Waals surface area contributed by atoms with Crippen molar-refractivity contribution in [1.29, 1.82) is 0 Å². The molecule has 2 aliphatic rings. The monoisotopic (exact) mass is 374 g/mol. The molecular weight excluding hydrogens is 360 g/mol. The number of nitrogens with zero attached hydrogens (tertiary/aromatic N) is 4. The molecule has 0 bridgehead atoms. The second-order valence-electron chi connectivity index (χ2n) is 6.31. The van der Waals surface area contributed by atoms with Crippen molar-refractivity contribution in [3.63, 3.8) is 0 Å². The van der Waals surface area contributed by atoms with E-state index in [-0.39, 0.29) is 33.7 Å². The van der Waals surface area contributed by atoms with Crippen LogP contribution in [0.1, 0.15) is 55.3 Å². The number of hydrogen-bond acceptors (Lipinski definition) is 6. The summed E-state index contributed by atoms with van der Waals surface area (Å²) in [6.45, 7) is 3.08. The van der Waals surface area contributed by atoms with E-state index in [0.717, 1.165) is 10.0 Å². The van der Waals surface area contributed by atoms with Crippen LogP contribution in [-0.4, -0.2) is 45.1 Å². The van der Waals surface area contributed by atoms with Gasteiger partial charge in [0.15, 0.2) is 0 Å². The first-order valence-electron chi connectivity index (χ1n) is 8.46. The van der Waals surface area contributed by atoms with Crippen molar-refractivity contribution >= 4 is 35.1 Å². The van der Waals surface area contributed by atoms with Gasteiger partial charge in [0.25, 0.3) is 23.6 Å². The lowest BCUT2D eigenvalue weighted by Gasteiger charge is -2.11. The van der Waals surface area contributed by atoms with Crippen molar-refractivity contribution in [1.82, 2.24) is 10.0 Å². The lowest BCUT2D eigenvalue weighted by Crippen LogP contribution is -2.29. The van der Waals surface area contributed by atoms with Crippen molar-refractivity contribution in [3.8, 4) is 0 Å². The fourth-order valence-electron chi connectivity index (χ4n) is 2.98. The zero-order chi connectivity index (χ0) is 20.0. The van der Waals surface area contributed by atoms with Crippen molar-refractivity contribution in [2.24, 2.45) is 10.2 Å². The molecule has 28 heavy (non-hydrogen) atoms. The van der Waals surface area contributed by atoms with E-state index in [9.17, 15) is 19.2 Å². The van der Waals surface area contributed by atoms with E-state index < -0.39 is 23.6 Å². The standard InChI is InChI=1S/C20H14N4O4/c1-11(21-23-17(25)13-7-3-4-8-14(13)18(23)26)12(2)22-24-19(27)15-9-5-6-10-16(15)20(24)28/h3-10H,1-2H3/b21-11+,22-12+.